The maximum atomic E-state index is 12.5. The highest BCUT2D eigenvalue weighted by molar-refractivity contribution is 5.75. The van der Waals surface area contributed by atoms with E-state index in [1.54, 1.807) is 23.1 Å². The molecule has 2 aromatic heterocycles. The second-order valence-corrected chi connectivity index (χ2v) is 6.25. The van der Waals surface area contributed by atoms with E-state index < -0.39 is 11.7 Å². The van der Waals surface area contributed by atoms with Crippen LogP contribution in [0.4, 0.5) is 13.2 Å². The van der Waals surface area contributed by atoms with Crippen molar-refractivity contribution in [3.05, 3.63) is 42.4 Å². The summed E-state index contributed by atoms with van der Waals surface area (Å²) in [6.45, 7) is 0.179. The van der Waals surface area contributed by atoms with Gasteiger partial charge in [-0.2, -0.15) is 18.3 Å². The molecule has 0 saturated heterocycles. The number of amides is 1. The third-order valence-electron chi connectivity index (χ3n) is 4.26. The maximum Gasteiger partial charge on any atom is 0.417 e. The predicted molar refractivity (Wildman–Crippen MR) is 86.3 cm³/mol. The maximum absolute atomic E-state index is 12.5. The first-order chi connectivity index (χ1) is 12.4. The number of rotatable bonds is 5. The molecule has 0 bridgehead atoms. The Hall–Kier alpha value is -2.58. The number of nitrogens with zero attached hydrogens (tertiary/aromatic N) is 3. The molecule has 0 spiro atoms. The van der Waals surface area contributed by atoms with Crippen molar-refractivity contribution in [2.45, 2.75) is 50.6 Å². The number of pyridine rings is 1. The van der Waals surface area contributed by atoms with Gasteiger partial charge in [0.1, 0.15) is 12.6 Å². The molecular weight excluding hydrogens is 349 g/mol. The number of ether oxygens (including phenoxy) is 1. The minimum absolute atomic E-state index is 0.0680. The Balaban J connectivity index is 1.43. The lowest BCUT2D eigenvalue weighted by atomic mass is 9.93. The van der Waals surface area contributed by atoms with Crippen LogP contribution in [0.15, 0.2) is 36.8 Å². The van der Waals surface area contributed by atoms with Gasteiger partial charge in [0, 0.05) is 30.7 Å². The Morgan fingerprint density at radius 2 is 2.04 bits per heavy atom. The van der Waals surface area contributed by atoms with E-state index in [2.05, 4.69) is 15.4 Å². The molecule has 9 heteroatoms. The summed E-state index contributed by atoms with van der Waals surface area (Å²) >= 11 is 0. The highest BCUT2D eigenvalue weighted by Gasteiger charge is 2.31. The van der Waals surface area contributed by atoms with Crippen molar-refractivity contribution in [3.8, 4) is 5.88 Å². The normalized spacial score (nSPS) is 20.6. The van der Waals surface area contributed by atoms with E-state index in [-0.39, 0.29) is 30.5 Å². The fourth-order valence-electron chi connectivity index (χ4n) is 2.93. The Kier molecular flexibility index (Phi) is 5.43. The zero-order valence-corrected chi connectivity index (χ0v) is 13.9. The Bertz CT molecular complexity index is 709. The SMILES string of the molecule is O=C(Cn1cccn1)NC1CCC(Oc2ccc(C(F)(F)F)cn2)CC1. The van der Waals surface area contributed by atoms with E-state index in [0.717, 1.165) is 25.1 Å². The summed E-state index contributed by atoms with van der Waals surface area (Å²) in [5.41, 5.74) is -0.798. The summed E-state index contributed by atoms with van der Waals surface area (Å²) in [4.78, 5) is 15.7. The molecule has 1 amide bonds. The van der Waals surface area contributed by atoms with Crippen molar-refractivity contribution in [2.24, 2.45) is 0 Å². The molecule has 1 N–H and O–H groups in total. The van der Waals surface area contributed by atoms with Crippen molar-refractivity contribution in [1.82, 2.24) is 20.1 Å². The van der Waals surface area contributed by atoms with E-state index in [9.17, 15) is 18.0 Å². The Labute approximate surface area is 148 Å². The van der Waals surface area contributed by atoms with Gasteiger partial charge in [0.25, 0.3) is 0 Å². The van der Waals surface area contributed by atoms with Crippen molar-refractivity contribution in [2.75, 3.05) is 0 Å². The highest BCUT2D eigenvalue weighted by Crippen LogP contribution is 2.30. The summed E-state index contributed by atoms with van der Waals surface area (Å²) in [5.74, 6) is 0.0895. The van der Waals surface area contributed by atoms with E-state index in [4.69, 9.17) is 4.74 Å². The van der Waals surface area contributed by atoms with Gasteiger partial charge in [-0.25, -0.2) is 4.98 Å². The van der Waals surface area contributed by atoms with E-state index in [1.165, 1.54) is 6.07 Å². The molecule has 26 heavy (non-hydrogen) atoms. The van der Waals surface area contributed by atoms with Crippen LogP contribution in [0.5, 0.6) is 5.88 Å². The number of carbonyl (C=O) groups excluding carboxylic acids is 1. The molecule has 0 aromatic carbocycles. The first-order valence-electron chi connectivity index (χ1n) is 8.37. The van der Waals surface area contributed by atoms with Crippen LogP contribution in [0.1, 0.15) is 31.2 Å². The number of halogens is 3. The third kappa shape index (κ3) is 4.96. The summed E-state index contributed by atoms with van der Waals surface area (Å²) in [6, 6.07) is 4.02. The van der Waals surface area contributed by atoms with Crippen LogP contribution in [0, 0.1) is 0 Å². The van der Waals surface area contributed by atoms with Crippen LogP contribution in [-0.2, 0) is 17.5 Å². The molecule has 1 aliphatic carbocycles. The number of hydrogen-bond acceptors (Lipinski definition) is 4. The first kappa shape index (κ1) is 18.2. The lowest BCUT2D eigenvalue weighted by Crippen LogP contribution is -2.41. The molecule has 6 nitrogen and oxygen atoms in total. The van der Waals surface area contributed by atoms with Crippen molar-refractivity contribution < 1.29 is 22.7 Å². The van der Waals surface area contributed by atoms with Crippen LogP contribution in [0.3, 0.4) is 0 Å². The Morgan fingerprint density at radius 3 is 2.62 bits per heavy atom. The molecule has 2 heterocycles. The van der Waals surface area contributed by atoms with Crippen LogP contribution in [0.2, 0.25) is 0 Å². The molecule has 3 rings (SSSR count). The van der Waals surface area contributed by atoms with Gasteiger partial charge in [-0.1, -0.05) is 0 Å². The minimum atomic E-state index is -4.40. The third-order valence-corrected chi connectivity index (χ3v) is 4.26. The van der Waals surface area contributed by atoms with Gasteiger partial charge in [-0.15, -0.1) is 0 Å². The number of aromatic nitrogens is 3. The fourth-order valence-corrected chi connectivity index (χ4v) is 2.93. The smallest absolute Gasteiger partial charge is 0.417 e. The number of nitrogens with one attached hydrogen (secondary N) is 1. The quantitative estimate of drug-likeness (QED) is 0.881. The van der Waals surface area contributed by atoms with E-state index >= 15 is 0 Å². The summed E-state index contributed by atoms with van der Waals surface area (Å²) in [7, 11) is 0. The van der Waals surface area contributed by atoms with E-state index in [0.29, 0.717) is 12.8 Å². The molecule has 140 valence electrons. The van der Waals surface area contributed by atoms with Gasteiger partial charge in [0.2, 0.25) is 11.8 Å². The summed E-state index contributed by atoms with van der Waals surface area (Å²) in [5, 5.41) is 6.96. The Morgan fingerprint density at radius 1 is 1.27 bits per heavy atom. The van der Waals surface area contributed by atoms with Crippen LogP contribution in [-0.4, -0.2) is 32.8 Å². The number of hydrogen-bond donors (Lipinski definition) is 1. The number of alkyl halides is 3. The molecule has 1 saturated carbocycles. The average Bonchev–Trinajstić information content (AvgIpc) is 3.09. The second kappa shape index (κ2) is 7.76. The average molecular weight is 368 g/mol. The standard InChI is InChI=1S/C17H19F3N4O2/c18-17(19,20)12-2-7-16(21-10-12)26-14-5-3-13(4-6-14)23-15(25)11-24-9-1-8-22-24/h1-2,7-10,13-14H,3-6,11H2,(H,23,25). The molecule has 0 radical (unpaired) electrons. The predicted octanol–water partition coefficient (Wildman–Crippen LogP) is 2.80. The van der Waals surface area contributed by atoms with Gasteiger partial charge in [0.05, 0.1) is 5.56 Å². The molecule has 0 aliphatic heterocycles. The molecule has 2 aromatic rings. The monoisotopic (exact) mass is 368 g/mol. The zero-order chi connectivity index (χ0) is 18.6. The minimum Gasteiger partial charge on any atom is -0.474 e. The molecular formula is C17H19F3N4O2. The van der Waals surface area contributed by atoms with Gasteiger partial charge < -0.3 is 10.1 Å². The van der Waals surface area contributed by atoms with Gasteiger partial charge in [0.15, 0.2) is 0 Å². The van der Waals surface area contributed by atoms with Gasteiger partial charge in [-0.05, 0) is 37.8 Å². The van der Waals surface area contributed by atoms with Crippen molar-refractivity contribution >= 4 is 5.91 Å². The fraction of sp³-hybridized carbons (Fsp3) is 0.471. The number of carbonyl (C=O) groups is 1. The second-order valence-electron chi connectivity index (χ2n) is 6.25. The van der Waals surface area contributed by atoms with Crippen molar-refractivity contribution in [1.29, 1.82) is 0 Å². The van der Waals surface area contributed by atoms with Crippen LogP contribution < -0.4 is 10.1 Å². The first-order valence-corrected chi connectivity index (χ1v) is 8.37. The molecule has 0 unspecified atom stereocenters. The summed E-state index contributed by atoms with van der Waals surface area (Å²) in [6.07, 6.45) is 2.50. The van der Waals surface area contributed by atoms with E-state index in [1.807, 2.05) is 0 Å². The largest absolute Gasteiger partial charge is 0.474 e. The lowest BCUT2D eigenvalue weighted by Gasteiger charge is -2.29. The highest BCUT2D eigenvalue weighted by atomic mass is 19.4. The van der Waals surface area contributed by atoms with Crippen LogP contribution >= 0.6 is 0 Å². The van der Waals surface area contributed by atoms with Crippen molar-refractivity contribution in [3.63, 3.8) is 0 Å². The molecule has 0 atom stereocenters. The van der Waals surface area contributed by atoms with Gasteiger partial charge in [-0.3, -0.25) is 9.48 Å². The summed E-state index contributed by atoms with van der Waals surface area (Å²) < 4.78 is 44.8. The van der Waals surface area contributed by atoms with Gasteiger partial charge >= 0.3 is 6.18 Å². The zero-order valence-electron chi connectivity index (χ0n) is 13.9. The lowest BCUT2D eigenvalue weighted by molar-refractivity contribution is -0.137. The van der Waals surface area contributed by atoms with Crippen LogP contribution in [0.25, 0.3) is 0 Å². The molecule has 1 aliphatic rings. The molecule has 1 fully saturated rings. The topological polar surface area (TPSA) is 69.0 Å².